The fourth-order valence-corrected chi connectivity index (χ4v) is 4.18. The van der Waals surface area contributed by atoms with E-state index in [0.717, 1.165) is 16.5 Å². The lowest BCUT2D eigenvalue weighted by Crippen LogP contribution is -2.44. The van der Waals surface area contributed by atoms with Crippen molar-refractivity contribution in [2.75, 3.05) is 13.1 Å². The molecule has 0 fully saturated rings. The van der Waals surface area contributed by atoms with Gasteiger partial charge in [0.25, 0.3) is 5.91 Å². The molecule has 0 spiro atoms. The first kappa shape index (κ1) is 27.9. The fourth-order valence-electron chi connectivity index (χ4n) is 4.18. The predicted molar refractivity (Wildman–Crippen MR) is 133 cm³/mol. The van der Waals surface area contributed by atoms with Crippen LogP contribution in [0, 0.1) is 0 Å². The van der Waals surface area contributed by atoms with Gasteiger partial charge in [0.15, 0.2) is 5.78 Å². The van der Waals surface area contributed by atoms with Crippen LogP contribution in [0.1, 0.15) is 37.4 Å². The first-order valence-corrected chi connectivity index (χ1v) is 11.9. The van der Waals surface area contributed by atoms with Gasteiger partial charge in [-0.2, -0.15) is 26.3 Å². The van der Waals surface area contributed by atoms with Crippen LogP contribution in [-0.4, -0.2) is 35.8 Å². The third-order valence-electron chi connectivity index (χ3n) is 6.10. The Balaban J connectivity index is 1.57. The van der Waals surface area contributed by atoms with Gasteiger partial charge < -0.3 is 15.6 Å². The molecule has 0 saturated carbocycles. The van der Waals surface area contributed by atoms with Gasteiger partial charge in [-0.05, 0) is 36.2 Å². The van der Waals surface area contributed by atoms with Crippen molar-refractivity contribution >= 4 is 22.6 Å². The standard InChI is InChI=1S/C28H23F6N3O2/c29-27(30,31)20-10-18(11-21(13-20)28(32,33)34)26(39)37-22(12-19-14-36-24-9-5-4-8-23(19)24)15-35-16-25(38)17-6-2-1-3-7-17/h1-11,13-14,22,35-36H,12,15-16H2,(H,37,39)/t22-/m1/s1. The summed E-state index contributed by atoms with van der Waals surface area (Å²) in [5.74, 6) is -1.33. The number of carbonyl (C=O) groups excluding carboxylic acids is 2. The first-order chi connectivity index (χ1) is 18.4. The van der Waals surface area contributed by atoms with Crippen LogP contribution >= 0.6 is 0 Å². The van der Waals surface area contributed by atoms with Crippen LogP contribution in [0.15, 0.2) is 79.0 Å². The lowest BCUT2D eigenvalue weighted by Gasteiger charge is -2.20. The lowest BCUT2D eigenvalue weighted by molar-refractivity contribution is -0.143. The van der Waals surface area contributed by atoms with Gasteiger partial charge in [-0.15, -0.1) is 0 Å². The summed E-state index contributed by atoms with van der Waals surface area (Å²) in [6.45, 7) is -0.0685. The molecule has 3 aromatic carbocycles. The van der Waals surface area contributed by atoms with Gasteiger partial charge in [-0.25, -0.2) is 0 Å². The minimum Gasteiger partial charge on any atom is -0.361 e. The monoisotopic (exact) mass is 547 g/mol. The maximum atomic E-state index is 13.3. The van der Waals surface area contributed by atoms with E-state index in [1.165, 1.54) is 0 Å². The van der Waals surface area contributed by atoms with Crippen molar-refractivity contribution in [3.05, 3.63) is 107 Å². The molecule has 1 amide bonds. The Kier molecular flexibility index (Phi) is 8.10. The molecule has 0 aliphatic heterocycles. The summed E-state index contributed by atoms with van der Waals surface area (Å²) in [6.07, 6.45) is -8.27. The Labute approximate surface area is 219 Å². The maximum Gasteiger partial charge on any atom is 0.416 e. The summed E-state index contributed by atoms with van der Waals surface area (Å²) in [6, 6.07) is 15.7. The number of alkyl halides is 6. The van der Waals surface area contributed by atoms with E-state index in [0.29, 0.717) is 17.7 Å². The molecule has 204 valence electrons. The Morgan fingerprint density at radius 1 is 0.795 bits per heavy atom. The van der Waals surface area contributed by atoms with Crippen LogP contribution in [0.5, 0.6) is 0 Å². The Hall–Kier alpha value is -4.12. The van der Waals surface area contributed by atoms with Gasteiger partial charge in [-0.1, -0.05) is 48.5 Å². The van der Waals surface area contributed by atoms with Crippen LogP contribution < -0.4 is 10.6 Å². The summed E-state index contributed by atoms with van der Waals surface area (Å²) in [4.78, 5) is 28.5. The highest BCUT2D eigenvalue weighted by Gasteiger charge is 2.37. The van der Waals surface area contributed by atoms with Crippen molar-refractivity contribution in [3.8, 4) is 0 Å². The van der Waals surface area contributed by atoms with Gasteiger partial charge in [0.05, 0.1) is 17.7 Å². The first-order valence-electron chi connectivity index (χ1n) is 11.9. The van der Waals surface area contributed by atoms with E-state index in [1.807, 2.05) is 24.3 Å². The number of aromatic amines is 1. The molecule has 39 heavy (non-hydrogen) atoms. The van der Waals surface area contributed by atoms with Crippen molar-refractivity contribution < 1.29 is 35.9 Å². The summed E-state index contributed by atoms with van der Waals surface area (Å²) < 4.78 is 79.8. The highest BCUT2D eigenvalue weighted by atomic mass is 19.4. The van der Waals surface area contributed by atoms with Crippen LogP contribution in [0.3, 0.4) is 0 Å². The number of aromatic nitrogens is 1. The van der Waals surface area contributed by atoms with Crippen LogP contribution in [0.4, 0.5) is 26.3 Å². The minimum absolute atomic E-state index is 0.0227. The number of rotatable bonds is 9. The minimum atomic E-state index is -5.08. The average molecular weight is 547 g/mol. The largest absolute Gasteiger partial charge is 0.416 e. The number of halogens is 6. The lowest BCUT2D eigenvalue weighted by atomic mass is 10.0. The molecule has 1 aromatic heterocycles. The SMILES string of the molecule is O=C(CNC[C@@H](Cc1c[nH]c2ccccc12)NC(=O)c1cc(C(F)(F)F)cc(C(F)(F)F)c1)c1ccccc1. The molecule has 5 nitrogen and oxygen atoms in total. The molecule has 1 heterocycles. The zero-order chi connectivity index (χ0) is 28.2. The number of benzene rings is 3. The molecule has 4 rings (SSSR count). The molecular weight excluding hydrogens is 524 g/mol. The van der Waals surface area contributed by atoms with Gasteiger partial charge in [0.1, 0.15) is 0 Å². The van der Waals surface area contributed by atoms with E-state index in [-0.39, 0.29) is 31.4 Å². The molecule has 0 bridgehead atoms. The van der Waals surface area contributed by atoms with E-state index < -0.39 is 41.0 Å². The van der Waals surface area contributed by atoms with E-state index in [1.54, 1.807) is 36.5 Å². The summed E-state index contributed by atoms with van der Waals surface area (Å²) in [7, 11) is 0. The van der Waals surface area contributed by atoms with Crippen molar-refractivity contribution in [2.45, 2.75) is 24.8 Å². The summed E-state index contributed by atoms with van der Waals surface area (Å²) in [5.41, 5.74) is -1.89. The van der Waals surface area contributed by atoms with Gasteiger partial charge in [0.2, 0.25) is 0 Å². The number of Topliss-reactive ketones (excluding diaryl/α,β-unsaturated/α-hetero) is 1. The molecule has 3 N–H and O–H groups in total. The number of ketones is 1. The zero-order valence-corrected chi connectivity index (χ0v) is 20.3. The number of fused-ring (bicyclic) bond motifs is 1. The van der Waals surface area contributed by atoms with Crippen molar-refractivity contribution in [1.82, 2.24) is 15.6 Å². The summed E-state index contributed by atoms with van der Waals surface area (Å²) in [5, 5.41) is 6.33. The average Bonchev–Trinajstić information content (AvgIpc) is 3.30. The second kappa shape index (κ2) is 11.3. The zero-order valence-electron chi connectivity index (χ0n) is 20.3. The highest BCUT2D eigenvalue weighted by molar-refractivity contribution is 5.97. The number of hydrogen-bond donors (Lipinski definition) is 3. The molecule has 0 aliphatic rings. The van der Waals surface area contributed by atoms with Crippen LogP contribution in [0.25, 0.3) is 10.9 Å². The molecule has 0 saturated heterocycles. The Bertz CT molecular complexity index is 1430. The predicted octanol–water partition coefficient (Wildman–Crippen LogP) is 6.02. The number of nitrogens with one attached hydrogen (secondary N) is 3. The number of carbonyl (C=O) groups is 2. The molecule has 0 unspecified atom stereocenters. The second-order valence-electron chi connectivity index (χ2n) is 8.95. The van der Waals surface area contributed by atoms with Gasteiger partial charge >= 0.3 is 12.4 Å². The normalized spacial score (nSPS) is 12.9. The fraction of sp³-hybridized carbons (Fsp3) is 0.214. The van der Waals surface area contributed by atoms with E-state index in [9.17, 15) is 35.9 Å². The smallest absolute Gasteiger partial charge is 0.361 e. The Morgan fingerprint density at radius 3 is 2.05 bits per heavy atom. The van der Waals surface area contributed by atoms with Crippen molar-refractivity contribution in [3.63, 3.8) is 0 Å². The molecular formula is C28H23F6N3O2. The maximum absolute atomic E-state index is 13.3. The topological polar surface area (TPSA) is 74.0 Å². The molecule has 0 radical (unpaired) electrons. The van der Waals surface area contributed by atoms with Gasteiger partial charge in [-0.3, -0.25) is 9.59 Å². The van der Waals surface area contributed by atoms with Crippen LogP contribution in [-0.2, 0) is 18.8 Å². The quantitative estimate of drug-likeness (QED) is 0.177. The van der Waals surface area contributed by atoms with Crippen molar-refractivity contribution in [1.29, 1.82) is 0 Å². The summed E-state index contributed by atoms with van der Waals surface area (Å²) >= 11 is 0. The van der Waals surface area contributed by atoms with E-state index >= 15 is 0 Å². The van der Waals surface area contributed by atoms with Crippen LogP contribution in [0.2, 0.25) is 0 Å². The number of para-hydroxylation sites is 1. The third kappa shape index (κ3) is 7.05. The third-order valence-corrected chi connectivity index (χ3v) is 6.10. The number of H-pyrrole nitrogens is 1. The number of hydrogen-bond acceptors (Lipinski definition) is 3. The van der Waals surface area contributed by atoms with Crippen molar-refractivity contribution in [2.24, 2.45) is 0 Å². The second-order valence-corrected chi connectivity index (χ2v) is 8.95. The molecule has 0 aliphatic carbocycles. The van der Waals surface area contributed by atoms with E-state index in [2.05, 4.69) is 15.6 Å². The number of amides is 1. The Morgan fingerprint density at radius 2 is 1.41 bits per heavy atom. The molecule has 1 atom stereocenters. The molecule has 11 heteroatoms. The highest BCUT2D eigenvalue weighted by Crippen LogP contribution is 2.36. The molecule has 4 aromatic rings. The van der Waals surface area contributed by atoms with Gasteiger partial charge in [0, 0.05) is 40.8 Å². The van der Waals surface area contributed by atoms with E-state index in [4.69, 9.17) is 0 Å².